The van der Waals surface area contributed by atoms with Gasteiger partial charge in [-0.2, -0.15) is 13.2 Å². The summed E-state index contributed by atoms with van der Waals surface area (Å²) >= 11 is 0. The third-order valence-corrected chi connectivity index (χ3v) is 2.64. The van der Waals surface area contributed by atoms with Gasteiger partial charge in [0.15, 0.2) is 5.60 Å². The number of hydrogen-bond acceptors (Lipinski definition) is 2. The largest absolute Gasteiger partial charge is 0.421 e. The predicted octanol–water partition coefficient (Wildman–Crippen LogP) is 3.28. The molecule has 0 aliphatic rings. The van der Waals surface area contributed by atoms with Crippen molar-refractivity contribution in [1.82, 2.24) is 0 Å². The first-order valence-corrected chi connectivity index (χ1v) is 5.68. The standard InChI is InChI=1S/C14H15F3O2/c1-10-3-5-12(6-4-10)7-8-13(19,9-11(2)18)14(15,16)17/h3-8,19H,9H2,1-2H3/b8-7+/t13-/m1/s1. The van der Waals surface area contributed by atoms with Crippen LogP contribution in [0.25, 0.3) is 6.08 Å². The quantitative estimate of drug-likeness (QED) is 0.913. The molecule has 0 fully saturated rings. The smallest absolute Gasteiger partial charge is 0.376 e. The van der Waals surface area contributed by atoms with Crippen molar-refractivity contribution in [2.45, 2.75) is 32.0 Å². The first-order valence-electron chi connectivity index (χ1n) is 5.68. The maximum Gasteiger partial charge on any atom is 0.421 e. The molecule has 1 aromatic rings. The Balaban J connectivity index is 3.01. The number of hydrogen-bond donors (Lipinski definition) is 1. The zero-order chi connectivity index (χ0) is 14.7. The number of Topliss-reactive ketones (excluding diaryl/α,β-unsaturated/α-hetero) is 1. The highest BCUT2D eigenvalue weighted by atomic mass is 19.4. The van der Waals surface area contributed by atoms with E-state index in [9.17, 15) is 23.1 Å². The van der Waals surface area contributed by atoms with Crippen molar-refractivity contribution in [2.75, 3.05) is 0 Å². The van der Waals surface area contributed by atoms with Gasteiger partial charge in [0.2, 0.25) is 0 Å². The van der Waals surface area contributed by atoms with Crippen molar-refractivity contribution in [2.24, 2.45) is 0 Å². The fourth-order valence-corrected chi connectivity index (χ4v) is 1.54. The Hall–Kier alpha value is -1.62. The van der Waals surface area contributed by atoms with Gasteiger partial charge in [-0.1, -0.05) is 35.9 Å². The maximum atomic E-state index is 12.8. The highest BCUT2D eigenvalue weighted by Crippen LogP contribution is 2.35. The highest BCUT2D eigenvalue weighted by Gasteiger charge is 2.52. The number of benzene rings is 1. The molecule has 0 saturated heterocycles. The predicted molar refractivity (Wildman–Crippen MR) is 66.5 cm³/mol. The Labute approximate surface area is 109 Å². The topological polar surface area (TPSA) is 37.3 Å². The van der Waals surface area contributed by atoms with Crippen molar-refractivity contribution >= 4 is 11.9 Å². The summed E-state index contributed by atoms with van der Waals surface area (Å²) in [6.45, 7) is 2.87. The van der Waals surface area contributed by atoms with Gasteiger partial charge in [-0.15, -0.1) is 0 Å². The summed E-state index contributed by atoms with van der Waals surface area (Å²) in [5, 5.41) is 9.60. The Bertz CT molecular complexity index is 474. The maximum absolute atomic E-state index is 12.8. The molecule has 104 valence electrons. The number of carbonyl (C=O) groups is 1. The van der Waals surface area contributed by atoms with Crippen LogP contribution >= 0.6 is 0 Å². The summed E-state index contributed by atoms with van der Waals surface area (Å²) in [6.07, 6.45) is -4.09. The molecule has 0 aromatic heterocycles. The molecule has 0 unspecified atom stereocenters. The van der Waals surface area contributed by atoms with Gasteiger partial charge in [-0.05, 0) is 25.5 Å². The van der Waals surface area contributed by atoms with Gasteiger partial charge in [0.1, 0.15) is 5.78 Å². The van der Waals surface area contributed by atoms with Gasteiger partial charge in [-0.25, -0.2) is 0 Å². The fourth-order valence-electron chi connectivity index (χ4n) is 1.54. The summed E-state index contributed by atoms with van der Waals surface area (Å²) < 4.78 is 38.3. The molecule has 5 heteroatoms. The van der Waals surface area contributed by atoms with E-state index >= 15 is 0 Å². The average molecular weight is 272 g/mol. The molecule has 0 aliphatic carbocycles. The number of aliphatic hydroxyl groups is 1. The minimum Gasteiger partial charge on any atom is -0.376 e. The Morgan fingerprint density at radius 2 is 1.79 bits per heavy atom. The van der Waals surface area contributed by atoms with E-state index in [1.54, 1.807) is 24.3 Å². The number of halogens is 3. The van der Waals surface area contributed by atoms with Crippen LogP contribution in [0.15, 0.2) is 30.3 Å². The Morgan fingerprint density at radius 3 is 2.21 bits per heavy atom. The van der Waals surface area contributed by atoms with E-state index in [2.05, 4.69) is 0 Å². The Morgan fingerprint density at radius 1 is 1.26 bits per heavy atom. The van der Waals surface area contributed by atoms with E-state index in [4.69, 9.17) is 0 Å². The molecular weight excluding hydrogens is 257 g/mol. The lowest BCUT2D eigenvalue weighted by atomic mass is 9.95. The molecule has 0 radical (unpaired) electrons. The van der Waals surface area contributed by atoms with Gasteiger partial charge in [0.05, 0.1) is 0 Å². The summed E-state index contributed by atoms with van der Waals surface area (Å²) in [5.41, 5.74) is -1.62. The molecule has 1 rings (SSSR count). The molecule has 0 bridgehead atoms. The number of alkyl halides is 3. The van der Waals surface area contributed by atoms with Crippen LogP contribution in [0.1, 0.15) is 24.5 Å². The van der Waals surface area contributed by atoms with Crippen LogP contribution in [-0.4, -0.2) is 22.7 Å². The third kappa shape index (κ3) is 4.21. The molecular formula is C14H15F3O2. The second kappa shape index (κ2) is 5.57. The lowest BCUT2D eigenvalue weighted by Crippen LogP contribution is -2.44. The molecule has 2 nitrogen and oxygen atoms in total. The summed E-state index contributed by atoms with van der Waals surface area (Å²) in [7, 11) is 0. The molecule has 19 heavy (non-hydrogen) atoms. The minimum atomic E-state index is -4.89. The number of ketones is 1. The van der Waals surface area contributed by atoms with Crippen LogP contribution < -0.4 is 0 Å². The third-order valence-electron chi connectivity index (χ3n) is 2.64. The molecule has 0 aliphatic heterocycles. The van der Waals surface area contributed by atoms with Gasteiger partial charge in [-0.3, -0.25) is 4.79 Å². The van der Waals surface area contributed by atoms with E-state index in [0.717, 1.165) is 18.6 Å². The minimum absolute atomic E-state index is 0.525. The lowest BCUT2D eigenvalue weighted by molar-refractivity contribution is -0.240. The second-order valence-electron chi connectivity index (χ2n) is 4.54. The van der Waals surface area contributed by atoms with Crippen molar-refractivity contribution in [3.63, 3.8) is 0 Å². The van der Waals surface area contributed by atoms with Crippen LogP contribution in [0, 0.1) is 6.92 Å². The summed E-state index contributed by atoms with van der Waals surface area (Å²) in [5.74, 6) is -0.728. The first-order chi connectivity index (χ1) is 8.64. The van der Waals surface area contributed by atoms with Crippen LogP contribution in [0.3, 0.4) is 0 Å². The molecule has 1 N–H and O–H groups in total. The lowest BCUT2D eigenvalue weighted by Gasteiger charge is -2.26. The highest BCUT2D eigenvalue weighted by molar-refractivity contribution is 5.77. The van der Waals surface area contributed by atoms with E-state index in [0.29, 0.717) is 11.6 Å². The average Bonchev–Trinajstić information content (AvgIpc) is 2.26. The van der Waals surface area contributed by atoms with E-state index < -0.39 is 24.0 Å². The van der Waals surface area contributed by atoms with Crippen molar-refractivity contribution in [3.05, 3.63) is 41.5 Å². The van der Waals surface area contributed by atoms with E-state index in [-0.39, 0.29) is 0 Å². The Kier molecular flexibility index (Phi) is 4.52. The van der Waals surface area contributed by atoms with Crippen molar-refractivity contribution < 1.29 is 23.1 Å². The number of rotatable bonds is 4. The molecule has 0 heterocycles. The number of aryl methyl sites for hydroxylation is 1. The van der Waals surface area contributed by atoms with Gasteiger partial charge >= 0.3 is 6.18 Å². The van der Waals surface area contributed by atoms with Crippen LogP contribution in [0.4, 0.5) is 13.2 Å². The molecule has 1 aromatic carbocycles. The zero-order valence-corrected chi connectivity index (χ0v) is 10.7. The van der Waals surface area contributed by atoms with Gasteiger partial charge < -0.3 is 5.11 Å². The van der Waals surface area contributed by atoms with Crippen molar-refractivity contribution in [1.29, 1.82) is 0 Å². The second-order valence-corrected chi connectivity index (χ2v) is 4.54. The monoisotopic (exact) mass is 272 g/mol. The molecule has 0 spiro atoms. The van der Waals surface area contributed by atoms with Crippen molar-refractivity contribution in [3.8, 4) is 0 Å². The SMILES string of the molecule is CC(=O)C[C@](O)(/C=C/c1ccc(C)cc1)C(F)(F)F. The van der Waals surface area contributed by atoms with Crippen LogP contribution in [0.5, 0.6) is 0 Å². The summed E-state index contributed by atoms with van der Waals surface area (Å²) in [6, 6.07) is 6.77. The fraction of sp³-hybridized carbons (Fsp3) is 0.357. The van der Waals surface area contributed by atoms with Crippen LogP contribution in [-0.2, 0) is 4.79 Å². The molecule has 0 amide bonds. The van der Waals surface area contributed by atoms with E-state index in [1.807, 2.05) is 6.92 Å². The summed E-state index contributed by atoms with van der Waals surface area (Å²) in [4.78, 5) is 10.9. The zero-order valence-electron chi connectivity index (χ0n) is 10.7. The number of carbonyl (C=O) groups excluding carboxylic acids is 1. The molecule has 0 saturated carbocycles. The molecule has 1 atom stereocenters. The van der Waals surface area contributed by atoms with Crippen LogP contribution in [0.2, 0.25) is 0 Å². The van der Waals surface area contributed by atoms with E-state index in [1.165, 1.54) is 0 Å². The van der Waals surface area contributed by atoms with Gasteiger partial charge in [0, 0.05) is 6.42 Å². The first kappa shape index (κ1) is 15.4. The van der Waals surface area contributed by atoms with Gasteiger partial charge in [0.25, 0.3) is 0 Å². The normalized spacial score (nSPS) is 15.5.